The summed E-state index contributed by atoms with van der Waals surface area (Å²) in [6.07, 6.45) is 1.49. The highest BCUT2D eigenvalue weighted by Crippen LogP contribution is 2.39. The van der Waals surface area contributed by atoms with Crippen LogP contribution in [0.25, 0.3) is 5.76 Å². The van der Waals surface area contributed by atoms with Gasteiger partial charge in [0.15, 0.2) is 0 Å². The van der Waals surface area contributed by atoms with Crippen LogP contribution in [-0.4, -0.2) is 48.6 Å². The minimum atomic E-state index is -0.676. The fraction of sp³-hybridized carbons (Fsp3) is 0.333. The Morgan fingerprint density at radius 2 is 1.73 bits per heavy atom. The molecule has 6 nitrogen and oxygen atoms in total. The van der Waals surface area contributed by atoms with E-state index in [1.807, 2.05) is 37.3 Å². The molecule has 0 aliphatic carbocycles. The van der Waals surface area contributed by atoms with E-state index in [-0.39, 0.29) is 11.3 Å². The molecular weight excluding hydrogens is 382 g/mol. The second kappa shape index (κ2) is 10.1. The summed E-state index contributed by atoms with van der Waals surface area (Å²) in [5.74, 6) is -0.777. The Hall–Kier alpha value is -3.12. The van der Waals surface area contributed by atoms with E-state index in [0.717, 1.165) is 12.0 Å². The SMILES string of the molecule is CCCOc1ccc(/C(O)=C2\C(=O)C(=O)N(CCCOC)C2c2ccccc2)cc1. The van der Waals surface area contributed by atoms with E-state index >= 15 is 0 Å². The van der Waals surface area contributed by atoms with Gasteiger partial charge in [-0.2, -0.15) is 0 Å². The monoisotopic (exact) mass is 409 g/mol. The van der Waals surface area contributed by atoms with E-state index in [9.17, 15) is 14.7 Å². The molecule has 1 N–H and O–H groups in total. The molecule has 2 aromatic carbocycles. The van der Waals surface area contributed by atoms with E-state index in [1.54, 1.807) is 31.4 Å². The molecule has 30 heavy (non-hydrogen) atoms. The predicted octanol–water partition coefficient (Wildman–Crippen LogP) is 3.93. The summed E-state index contributed by atoms with van der Waals surface area (Å²) in [7, 11) is 1.59. The number of methoxy groups -OCH3 is 1. The van der Waals surface area contributed by atoms with Gasteiger partial charge in [0.1, 0.15) is 11.5 Å². The van der Waals surface area contributed by atoms with E-state index < -0.39 is 17.7 Å². The fourth-order valence-electron chi connectivity index (χ4n) is 3.56. The van der Waals surface area contributed by atoms with Crippen molar-refractivity contribution in [2.24, 2.45) is 0 Å². The first kappa shape index (κ1) is 21.6. The summed E-state index contributed by atoms with van der Waals surface area (Å²) in [6, 6.07) is 15.5. The highest BCUT2D eigenvalue weighted by Gasteiger charge is 2.45. The van der Waals surface area contributed by atoms with Gasteiger partial charge in [0.25, 0.3) is 11.7 Å². The van der Waals surface area contributed by atoms with Crippen LogP contribution in [0.1, 0.15) is 36.9 Å². The van der Waals surface area contributed by atoms with Crippen molar-refractivity contribution in [2.75, 3.05) is 26.9 Å². The van der Waals surface area contributed by atoms with Gasteiger partial charge in [0, 0.05) is 25.8 Å². The van der Waals surface area contributed by atoms with Gasteiger partial charge in [0.05, 0.1) is 18.2 Å². The lowest BCUT2D eigenvalue weighted by Crippen LogP contribution is -2.31. The number of amides is 1. The fourth-order valence-corrected chi connectivity index (χ4v) is 3.56. The van der Waals surface area contributed by atoms with Gasteiger partial charge in [0.2, 0.25) is 0 Å². The van der Waals surface area contributed by atoms with Crippen LogP contribution in [0.15, 0.2) is 60.2 Å². The zero-order chi connectivity index (χ0) is 21.5. The lowest BCUT2D eigenvalue weighted by Gasteiger charge is -2.25. The van der Waals surface area contributed by atoms with Crippen molar-refractivity contribution in [2.45, 2.75) is 25.8 Å². The first-order chi connectivity index (χ1) is 14.6. The standard InChI is InChI=1S/C24H27NO5/c1-3-15-30-19-12-10-18(11-13-19)22(26)20-21(17-8-5-4-6-9-17)25(14-7-16-29-2)24(28)23(20)27/h4-6,8-13,21,26H,3,7,14-16H2,1-2H3/b22-20+. The number of aliphatic hydroxyl groups excluding tert-OH is 1. The van der Waals surface area contributed by atoms with Gasteiger partial charge < -0.3 is 19.5 Å². The molecule has 1 saturated heterocycles. The van der Waals surface area contributed by atoms with Crippen LogP contribution < -0.4 is 4.74 Å². The second-order valence-corrected chi connectivity index (χ2v) is 7.12. The molecule has 6 heteroatoms. The molecular formula is C24H27NO5. The first-order valence-corrected chi connectivity index (χ1v) is 10.1. The van der Waals surface area contributed by atoms with Gasteiger partial charge in [-0.1, -0.05) is 37.3 Å². The molecule has 1 atom stereocenters. The molecule has 0 saturated carbocycles. The lowest BCUT2D eigenvalue weighted by molar-refractivity contribution is -0.140. The van der Waals surface area contributed by atoms with Crippen molar-refractivity contribution < 1.29 is 24.2 Å². The molecule has 1 aliphatic rings. The Morgan fingerprint density at radius 1 is 1.03 bits per heavy atom. The maximum Gasteiger partial charge on any atom is 0.295 e. The summed E-state index contributed by atoms with van der Waals surface area (Å²) in [6.45, 7) is 3.46. The average Bonchev–Trinajstić information content (AvgIpc) is 3.03. The molecule has 1 aliphatic heterocycles. The second-order valence-electron chi connectivity index (χ2n) is 7.12. The number of rotatable bonds is 9. The summed E-state index contributed by atoms with van der Waals surface area (Å²) in [5.41, 5.74) is 1.35. The normalized spacial score (nSPS) is 18.1. The maximum atomic E-state index is 12.9. The van der Waals surface area contributed by atoms with Gasteiger partial charge in [-0.05, 0) is 42.7 Å². The molecule has 0 bridgehead atoms. The molecule has 3 rings (SSSR count). The number of Topliss-reactive ketones (excluding diaryl/α,β-unsaturated/α-hetero) is 1. The minimum Gasteiger partial charge on any atom is -0.507 e. The molecule has 1 heterocycles. The Balaban J connectivity index is 2.00. The number of hydrogen-bond acceptors (Lipinski definition) is 5. The Kier molecular flexibility index (Phi) is 7.25. The van der Waals surface area contributed by atoms with Crippen molar-refractivity contribution in [3.63, 3.8) is 0 Å². The summed E-state index contributed by atoms with van der Waals surface area (Å²) >= 11 is 0. The molecule has 2 aromatic rings. The minimum absolute atomic E-state index is 0.103. The predicted molar refractivity (Wildman–Crippen MR) is 114 cm³/mol. The van der Waals surface area contributed by atoms with Crippen LogP contribution in [0.5, 0.6) is 5.75 Å². The number of nitrogens with zero attached hydrogens (tertiary/aromatic N) is 1. The molecule has 0 aromatic heterocycles. The third-order valence-corrected chi connectivity index (χ3v) is 5.00. The van der Waals surface area contributed by atoms with Crippen molar-refractivity contribution in [3.05, 3.63) is 71.3 Å². The first-order valence-electron chi connectivity index (χ1n) is 10.1. The van der Waals surface area contributed by atoms with Gasteiger partial charge >= 0.3 is 0 Å². The number of ether oxygens (including phenoxy) is 2. The van der Waals surface area contributed by atoms with Crippen LogP contribution in [-0.2, 0) is 14.3 Å². The molecule has 158 valence electrons. The molecule has 1 amide bonds. The Labute approximate surface area is 176 Å². The zero-order valence-corrected chi connectivity index (χ0v) is 17.3. The van der Waals surface area contributed by atoms with Gasteiger partial charge in [-0.3, -0.25) is 9.59 Å². The van der Waals surface area contributed by atoms with Crippen LogP contribution >= 0.6 is 0 Å². The van der Waals surface area contributed by atoms with E-state index in [0.29, 0.717) is 37.5 Å². The van der Waals surface area contributed by atoms with Crippen molar-refractivity contribution in [1.82, 2.24) is 4.90 Å². The van der Waals surface area contributed by atoms with Crippen LogP contribution in [0.3, 0.4) is 0 Å². The molecule has 0 radical (unpaired) electrons. The van der Waals surface area contributed by atoms with Gasteiger partial charge in [-0.15, -0.1) is 0 Å². The molecule has 0 spiro atoms. The van der Waals surface area contributed by atoms with E-state index in [1.165, 1.54) is 4.90 Å². The van der Waals surface area contributed by atoms with Gasteiger partial charge in [-0.25, -0.2) is 0 Å². The number of carbonyl (C=O) groups is 2. The van der Waals surface area contributed by atoms with E-state index in [4.69, 9.17) is 9.47 Å². The number of benzene rings is 2. The number of aliphatic hydroxyl groups is 1. The third-order valence-electron chi connectivity index (χ3n) is 5.00. The topological polar surface area (TPSA) is 76.1 Å². The quantitative estimate of drug-likeness (QED) is 0.294. The third kappa shape index (κ3) is 4.54. The van der Waals surface area contributed by atoms with Crippen LogP contribution in [0.2, 0.25) is 0 Å². The maximum absolute atomic E-state index is 12.9. The number of ketones is 1. The highest BCUT2D eigenvalue weighted by atomic mass is 16.5. The van der Waals surface area contributed by atoms with Crippen LogP contribution in [0, 0.1) is 0 Å². The summed E-state index contributed by atoms with van der Waals surface area (Å²) in [5, 5.41) is 11.0. The smallest absolute Gasteiger partial charge is 0.295 e. The number of hydrogen-bond donors (Lipinski definition) is 1. The average molecular weight is 409 g/mol. The highest BCUT2D eigenvalue weighted by molar-refractivity contribution is 6.46. The van der Waals surface area contributed by atoms with Crippen molar-refractivity contribution in [3.8, 4) is 5.75 Å². The number of carbonyl (C=O) groups excluding carboxylic acids is 2. The molecule has 1 unspecified atom stereocenters. The van der Waals surface area contributed by atoms with E-state index in [2.05, 4.69) is 0 Å². The zero-order valence-electron chi connectivity index (χ0n) is 17.3. The van der Waals surface area contributed by atoms with Crippen molar-refractivity contribution >= 4 is 17.4 Å². The largest absolute Gasteiger partial charge is 0.507 e. The summed E-state index contributed by atoms with van der Waals surface area (Å²) < 4.78 is 10.7. The number of likely N-dealkylation sites (tertiary alicyclic amines) is 1. The Bertz CT molecular complexity index is 905. The van der Waals surface area contributed by atoms with Crippen molar-refractivity contribution in [1.29, 1.82) is 0 Å². The summed E-state index contributed by atoms with van der Waals surface area (Å²) in [4.78, 5) is 27.2. The molecule has 1 fully saturated rings. The lowest BCUT2D eigenvalue weighted by atomic mass is 9.95. The van der Waals surface area contributed by atoms with Crippen LogP contribution in [0.4, 0.5) is 0 Å². The Morgan fingerprint density at radius 3 is 2.37 bits per heavy atom.